The Morgan fingerprint density at radius 2 is 1.95 bits per heavy atom. The Balaban J connectivity index is 1.71. The number of hydrogen-bond donors (Lipinski definition) is 0. The van der Waals surface area contributed by atoms with Gasteiger partial charge in [-0.2, -0.15) is 0 Å². The van der Waals surface area contributed by atoms with Crippen LogP contribution < -0.4 is 0 Å². The predicted molar refractivity (Wildman–Crippen MR) is 84.9 cm³/mol. The van der Waals surface area contributed by atoms with Gasteiger partial charge in [-0.1, -0.05) is 42.9 Å². The van der Waals surface area contributed by atoms with Crippen LogP contribution in [0.25, 0.3) is 0 Å². The lowest BCUT2D eigenvalue weighted by atomic mass is 9.75. The van der Waals surface area contributed by atoms with Gasteiger partial charge in [0.1, 0.15) is 5.78 Å². The number of carbonyl (C=O) groups excluding carboxylic acids is 1. The fourth-order valence-corrected chi connectivity index (χ4v) is 3.80. The van der Waals surface area contributed by atoms with Crippen LogP contribution >= 0.6 is 0 Å². The molecule has 3 atom stereocenters. The molecule has 1 aromatic rings. The quantitative estimate of drug-likeness (QED) is 0.736. The average molecular weight is 281 g/mol. The lowest BCUT2D eigenvalue weighted by molar-refractivity contribution is -0.132. The molecule has 21 heavy (non-hydrogen) atoms. The highest BCUT2D eigenvalue weighted by atomic mass is 16.1. The first kappa shape index (κ1) is 14.4. The number of carbonyl (C=O) groups is 1. The summed E-state index contributed by atoms with van der Waals surface area (Å²) in [7, 11) is 0. The van der Waals surface area contributed by atoms with Crippen LogP contribution in [0.2, 0.25) is 0 Å². The van der Waals surface area contributed by atoms with Crippen molar-refractivity contribution in [3.05, 3.63) is 35.9 Å². The molecule has 0 aromatic heterocycles. The Labute approximate surface area is 127 Å². The van der Waals surface area contributed by atoms with Gasteiger partial charge in [0.2, 0.25) is 0 Å². The van der Waals surface area contributed by atoms with Gasteiger partial charge < -0.3 is 0 Å². The fraction of sp³-hybridized carbons (Fsp3) is 0.526. The fourth-order valence-electron chi connectivity index (χ4n) is 3.80. The summed E-state index contributed by atoms with van der Waals surface area (Å²) in [6.07, 6.45) is 5.41. The van der Waals surface area contributed by atoms with E-state index in [1.54, 1.807) is 0 Å². The third-order valence-corrected chi connectivity index (χ3v) is 4.90. The van der Waals surface area contributed by atoms with Crippen LogP contribution in [0, 0.1) is 17.8 Å². The average Bonchev–Trinajstić information content (AvgIpc) is 2.51. The number of nitrogens with zero attached hydrogens (tertiary/aromatic N) is 1. The molecule has 0 unspecified atom stereocenters. The van der Waals surface area contributed by atoms with Crippen molar-refractivity contribution in [3.63, 3.8) is 0 Å². The van der Waals surface area contributed by atoms with Gasteiger partial charge in [-0.05, 0) is 31.9 Å². The zero-order valence-electron chi connectivity index (χ0n) is 12.7. The maximum absolute atomic E-state index is 12.2. The summed E-state index contributed by atoms with van der Waals surface area (Å²) in [6.45, 7) is 2.96. The zero-order valence-corrected chi connectivity index (χ0v) is 12.7. The van der Waals surface area contributed by atoms with Gasteiger partial charge in [0.25, 0.3) is 0 Å². The molecule has 1 heterocycles. The third kappa shape index (κ3) is 3.19. The van der Waals surface area contributed by atoms with Crippen LogP contribution in [0.4, 0.5) is 0 Å². The molecule has 1 aliphatic heterocycles. The molecule has 1 aromatic carbocycles. The number of benzene rings is 1. The van der Waals surface area contributed by atoms with Crippen molar-refractivity contribution < 1.29 is 4.79 Å². The van der Waals surface area contributed by atoms with Crippen LogP contribution in [-0.2, 0) is 4.79 Å². The molecule has 2 aliphatic rings. The predicted octanol–water partition coefficient (Wildman–Crippen LogP) is 3.26. The van der Waals surface area contributed by atoms with E-state index in [0.29, 0.717) is 24.3 Å². The monoisotopic (exact) mass is 281 g/mol. The number of ketones is 1. The summed E-state index contributed by atoms with van der Waals surface area (Å²) in [4.78, 5) is 14.7. The minimum Gasteiger partial charge on any atom is -0.299 e. The number of hydrogen-bond acceptors (Lipinski definition) is 2. The molecule has 3 rings (SSSR count). The van der Waals surface area contributed by atoms with Crippen molar-refractivity contribution >= 4 is 5.78 Å². The number of Topliss-reactive ketones (excluding diaryl/α,β-unsaturated/α-hetero) is 1. The van der Waals surface area contributed by atoms with Gasteiger partial charge >= 0.3 is 0 Å². The maximum atomic E-state index is 12.2. The molecule has 1 saturated carbocycles. The van der Waals surface area contributed by atoms with Crippen LogP contribution in [0.3, 0.4) is 0 Å². The summed E-state index contributed by atoms with van der Waals surface area (Å²) >= 11 is 0. The van der Waals surface area contributed by atoms with Gasteiger partial charge in [0, 0.05) is 30.0 Å². The van der Waals surface area contributed by atoms with E-state index < -0.39 is 0 Å². The Bertz CT molecular complexity index is 554. The first-order valence-corrected chi connectivity index (χ1v) is 8.08. The highest BCUT2D eigenvalue weighted by molar-refractivity contribution is 5.83. The zero-order chi connectivity index (χ0) is 14.7. The lowest BCUT2D eigenvalue weighted by Crippen LogP contribution is -2.54. The molecule has 1 saturated heterocycles. The lowest BCUT2D eigenvalue weighted by Gasteiger charge is -2.45. The number of fused-ring (bicyclic) bond motifs is 1. The van der Waals surface area contributed by atoms with Crippen molar-refractivity contribution in [2.24, 2.45) is 5.92 Å². The summed E-state index contributed by atoms with van der Waals surface area (Å²) in [5.74, 6) is 7.31. The van der Waals surface area contributed by atoms with Crippen LogP contribution in [0.15, 0.2) is 30.3 Å². The van der Waals surface area contributed by atoms with Crippen molar-refractivity contribution in [3.8, 4) is 11.8 Å². The summed E-state index contributed by atoms with van der Waals surface area (Å²) in [5, 5.41) is 0. The van der Waals surface area contributed by atoms with Crippen molar-refractivity contribution in [1.29, 1.82) is 0 Å². The van der Waals surface area contributed by atoms with E-state index >= 15 is 0 Å². The van der Waals surface area contributed by atoms with Crippen LogP contribution in [0.5, 0.6) is 0 Å². The van der Waals surface area contributed by atoms with E-state index in [4.69, 9.17) is 0 Å². The second-order valence-electron chi connectivity index (χ2n) is 6.32. The minimum atomic E-state index is 0.272. The molecule has 0 radical (unpaired) electrons. The molecule has 0 spiro atoms. The largest absolute Gasteiger partial charge is 0.299 e. The van der Waals surface area contributed by atoms with Gasteiger partial charge in [0.05, 0.1) is 6.54 Å². The second kappa shape index (κ2) is 6.45. The van der Waals surface area contributed by atoms with Crippen molar-refractivity contribution in [2.75, 3.05) is 6.54 Å². The number of rotatable bonds is 1. The molecule has 110 valence electrons. The van der Waals surface area contributed by atoms with E-state index in [9.17, 15) is 4.79 Å². The van der Waals surface area contributed by atoms with E-state index in [1.807, 2.05) is 30.3 Å². The smallest absolute Gasteiger partial charge is 0.139 e. The molecule has 1 aliphatic carbocycles. The Morgan fingerprint density at radius 1 is 1.19 bits per heavy atom. The van der Waals surface area contributed by atoms with Crippen LogP contribution in [-0.4, -0.2) is 29.3 Å². The second-order valence-corrected chi connectivity index (χ2v) is 6.32. The van der Waals surface area contributed by atoms with Gasteiger partial charge in [0.15, 0.2) is 0 Å². The normalized spacial score (nSPS) is 29.4. The van der Waals surface area contributed by atoms with E-state index in [-0.39, 0.29) is 5.92 Å². The summed E-state index contributed by atoms with van der Waals surface area (Å²) < 4.78 is 0. The first-order chi connectivity index (χ1) is 10.3. The topological polar surface area (TPSA) is 20.3 Å². The maximum Gasteiger partial charge on any atom is 0.139 e. The Kier molecular flexibility index (Phi) is 4.41. The summed E-state index contributed by atoms with van der Waals surface area (Å²) in [6, 6.07) is 10.9. The standard InChI is InChI=1S/C19H23NO/c1-15-14-19(21)17-11-5-6-12-18(17)20(15)13-7-10-16-8-3-2-4-9-16/h2-4,8-9,15,17-18H,5-6,11-14H2,1H3/t15-,17-,18-/m1/s1. The number of piperidine rings is 1. The van der Waals surface area contributed by atoms with Gasteiger partial charge in [-0.25, -0.2) is 0 Å². The van der Waals surface area contributed by atoms with Crippen molar-refractivity contribution in [2.45, 2.75) is 51.1 Å². The molecule has 0 bridgehead atoms. The number of likely N-dealkylation sites (tertiary alicyclic amines) is 1. The van der Waals surface area contributed by atoms with Gasteiger partial charge in [-0.15, -0.1) is 0 Å². The summed E-state index contributed by atoms with van der Waals surface area (Å²) in [5.41, 5.74) is 1.07. The molecule has 0 N–H and O–H groups in total. The Hall–Kier alpha value is -1.59. The van der Waals surface area contributed by atoms with Crippen LogP contribution in [0.1, 0.15) is 44.6 Å². The highest BCUT2D eigenvalue weighted by Gasteiger charge is 2.41. The first-order valence-electron chi connectivity index (χ1n) is 8.08. The molecule has 2 heteroatoms. The molecule has 2 nitrogen and oxygen atoms in total. The van der Waals surface area contributed by atoms with Gasteiger partial charge in [-0.3, -0.25) is 9.69 Å². The third-order valence-electron chi connectivity index (χ3n) is 4.90. The van der Waals surface area contributed by atoms with E-state index in [2.05, 4.69) is 23.7 Å². The molecule has 0 amide bonds. The highest BCUT2D eigenvalue weighted by Crippen LogP contribution is 2.35. The minimum absolute atomic E-state index is 0.272. The SMILES string of the molecule is C[C@@H]1CC(=O)[C@@H]2CCCC[C@H]2N1CC#Cc1ccccc1. The van der Waals surface area contributed by atoms with E-state index in [1.165, 1.54) is 12.8 Å². The molecular weight excluding hydrogens is 258 g/mol. The van der Waals surface area contributed by atoms with E-state index in [0.717, 1.165) is 24.9 Å². The molecule has 2 fully saturated rings. The van der Waals surface area contributed by atoms with Crippen molar-refractivity contribution in [1.82, 2.24) is 4.90 Å². The molecular formula is C19H23NO. The Morgan fingerprint density at radius 3 is 2.76 bits per heavy atom.